The minimum Gasteiger partial charge on any atom is -0.397 e. The lowest BCUT2D eigenvalue weighted by Crippen LogP contribution is -2.17. The Kier molecular flexibility index (Phi) is 3.87. The predicted octanol–water partition coefficient (Wildman–Crippen LogP) is 4.59. The van der Waals surface area contributed by atoms with Gasteiger partial charge in [0.25, 0.3) is 0 Å². The van der Waals surface area contributed by atoms with Gasteiger partial charge < -0.3 is 10.6 Å². The van der Waals surface area contributed by atoms with Crippen LogP contribution in [0.4, 0.5) is 11.4 Å². The number of nitrogens with zero attached hydrogens (tertiary/aromatic N) is 2. The number of benzene rings is 2. The molecule has 0 amide bonds. The van der Waals surface area contributed by atoms with Crippen molar-refractivity contribution in [3.05, 3.63) is 51.4 Å². The molecule has 21 heavy (non-hydrogen) atoms. The second-order valence-corrected chi connectivity index (χ2v) is 7.25. The second kappa shape index (κ2) is 5.66. The zero-order valence-electron chi connectivity index (χ0n) is 11.9. The predicted molar refractivity (Wildman–Crippen MR) is 95.0 cm³/mol. The van der Waals surface area contributed by atoms with Crippen LogP contribution < -0.4 is 10.6 Å². The van der Waals surface area contributed by atoms with Gasteiger partial charge in [0, 0.05) is 18.1 Å². The molecular weight excluding hydrogens is 346 g/mol. The van der Waals surface area contributed by atoms with Gasteiger partial charge in [0.1, 0.15) is 0 Å². The van der Waals surface area contributed by atoms with Crippen LogP contribution in [0.3, 0.4) is 0 Å². The summed E-state index contributed by atoms with van der Waals surface area (Å²) in [6.45, 7) is 2.82. The number of aromatic nitrogens is 1. The summed E-state index contributed by atoms with van der Waals surface area (Å²) in [5.74, 6) is 0. The van der Waals surface area contributed by atoms with E-state index in [4.69, 9.17) is 5.73 Å². The number of aryl methyl sites for hydroxylation is 1. The molecular formula is C16H16BrN3S. The van der Waals surface area contributed by atoms with Crippen LogP contribution in [0.15, 0.2) is 40.9 Å². The minimum absolute atomic E-state index is 0.795. The number of rotatable bonds is 3. The van der Waals surface area contributed by atoms with Gasteiger partial charge in [-0.25, -0.2) is 4.98 Å². The van der Waals surface area contributed by atoms with Gasteiger partial charge in [-0.1, -0.05) is 28.1 Å². The maximum absolute atomic E-state index is 6.21. The zero-order valence-corrected chi connectivity index (χ0v) is 14.3. The van der Waals surface area contributed by atoms with Crippen LogP contribution in [0.5, 0.6) is 0 Å². The molecule has 0 aliphatic heterocycles. The first kappa shape index (κ1) is 14.4. The fraction of sp³-hybridized carbons (Fsp3) is 0.188. The van der Waals surface area contributed by atoms with Crippen molar-refractivity contribution >= 4 is 48.9 Å². The number of nitrogens with two attached hydrogens (primary N) is 1. The van der Waals surface area contributed by atoms with E-state index in [0.717, 1.165) is 37.6 Å². The zero-order chi connectivity index (χ0) is 15.0. The summed E-state index contributed by atoms with van der Waals surface area (Å²) < 4.78 is 2.23. The highest BCUT2D eigenvalue weighted by atomic mass is 79.9. The van der Waals surface area contributed by atoms with Crippen LogP contribution in [0.2, 0.25) is 0 Å². The smallest absolute Gasteiger partial charge is 0.0907 e. The van der Waals surface area contributed by atoms with Crippen molar-refractivity contribution in [1.82, 2.24) is 4.98 Å². The van der Waals surface area contributed by atoms with E-state index in [1.807, 2.05) is 25.1 Å². The molecule has 108 valence electrons. The summed E-state index contributed by atoms with van der Waals surface area (Å²) in [7, 11) is 2.05. The largest absolute Gasteiger partial charge is 0.397 e. The molecule has 0 radical (unpaired) electrons. The Morgan fingerprint density at radius 2 is 2.10 bits per heavy atom. The third-order valence-corrected chi connectivity index (χ3v) is 4.79. The van der Waals surface area contributed by atoms with E-state index < -0.39 is 0 Å². The molecule has 0 spiro atoms. The Labute approximate surface area is 136 Å². The quantitative estimate of drug-likeness (QED) is 0.693. The van der Waals surface area contributed by atoms with E-state index in [1.54, 1.807) is 11.3 Å². The van der Waals surface area contributed by atoms with Gasteiger partial charge in [-0.05, 0) is 36.8 Å². The number of thiazole rings is 1. The number of nitrogen functional groups attached to an aromatic ring is 1. The molecule has 1 aromatic heterocycles. The summed E-state index contributed by atoms with van der Waals surface area (Å²) in [5.41, 5.74) is 10.3. The fourth-order valence-corrected chi connectivity index (χ4v) is 3.72. The number of hydrogen-bond donors (Lipinski definition) is 1. The molecule has 2 aromatic carbocycles. The van der Waals surface area contributed by atoms with E-state index in [2.05, 4.69) is 51.1 Å². The summed E-state index contributed by atoms with van der Waals surface area (Å²) in [5, 5.41) is 1.07. The van der Waals surface area contributed by atoms with Crippen LogP contribution in [0, 0.1) is 6.92 Å². The van der Waals surface area contributed by atoms with Crippen molar-refractivity contribution in [2.24, 2.45) is 0 Å². The highest BCUT2D eigenvalue weighted by Crippen LogP contribution is 2.32. The van der Waals surface area contributed by atoms with Crippen LogP contribution in [-0.2, 0) is 6.54 Å². The average Bonchev–Trinajstić information content (AvgIpc) is 2.76. The third-order valence-electron chi connectivity index (χ3n) is 3.36. The molecule has 0 bridgehead atoms. The topological polar surface area (TPSA) is 42.2 Å². The van der Waals surface area contributed by atoms with Gasteiger partial charge in [0.05, 0.1) is 26.6 Å². The van der Waals surface area contributed by atoms with E-state index in [9.17, 15) is 0 Å². The lowest BCUT2D eigenvalue weighted by Gasteiger charge is -2.21. The van der Waals surface area contributed by atoms with Crippen LogP contribution in [0.25, 0.3) is 10.2 Å². The number of halogens is 1. The molecule has 2 N–H and O–H groups in total. The maximum atomic E-state index is 6.21. The van der Waals surface area contributed by atoms with Crippen molar-refractivity contribution in [2.75, 3.05) is 17.7 Å². The van der Waals surface area contributed by atoms with Crippen molar-refractivity contribution in [1.29, 1.82) is 0 Å². The molecule has 1 heterocycles. The lowest BCUT2D eigenvalue weighted by molar-refractivity contribution is 0.925. The van der Waals surface area contributed by atoms with Gasteiger partial charge in [0.15, 0.2) is 0 Å². The van der Waals surface area contributed by atoms with Crippen molar-refractivity contribution < 1.29 is 0 Å². The monoisotopic (exact) mass is 361 g/mol. The van der Waals surface area contributed by atoms with Gasteiger partial charge >= 0.3 is 0 Å². The highest BCUT2D eigenvalue weighted by molar-refractivity contribution is 9.10. The molecule has 0 unspecified atom stereocenters. The molecule has 0 fully saturated rings. The number of fused-ring (bicyclic) bond motifs is 1. The Balaban J connectivity index is 1.93. The highest BCUT2D eigenvalue weighted by Gasteiger charge is 2.10. The molecule has 3 rings (SSSR count). The molecule has 3 aromatic rings. The standard InChI is InChI=1S/C16H16BrN3S/c1-10-19-14-8-15(13(18)7-16(14)21-10)20(2)9-11-4-3-5-12(17)6-11/h3-8H,9,18H2,1-2H3. The Hall–Kier alpha value is -1.59. The minimum atomic E-state index is 0.795. The second-order valence-electron chi connectivity index (χ2n) is 5.10. The molecule has 0 saturated heterocycles. The maximum Gasteiger partial charge on any atom is 0.0907 e. The van der Waals surface area contributed by atoms with Gasteiger partial charge in [-0.2, -0.15) is 0 Å². The Bertz CT molecular complexity index is 797. The number of anilines is 2. The molecule has 0 aliphatic rings. The van der Waals surface area contributed by atoms with Crippen molar-refractivity contribution in [3.8, 4) is 0 Å². The fourth-order valence-electron chi connectivity index (χ4n) is 2.42. The van der Waals surface area contributed by atoms with Crippen LogP contribution in [-0.4, -0.2) is 12.0 Å². The normalized spacial score (nSPS) is 11.0. The first-order valence-electron chi connectivity index (χ1n) is 6.65. The molecule has 0 saturated carbocycles. The summed E-state index contributed by atoms with van der Waals surface area (Å²) >= 11 is 5.18. The third kappa shape index (κ3) is 3.04. The first-order chi connectivity index (χ1) is 10.0. The van der Waals surface area contributed by atoms with Gasteiger partial charge in [-0.15, -0.1) is 11.3 Å². The van der Waals surface area contributed by atoms with Crippen LogP contribution in [0.1, 0.15) is 10.6 Å². The van der Waals surface area contributed by atoms with Crippen LogP contribution >= 0.6 is 27.3 Å². The van der Waals surface area contributed by atoms with Crippen molar-refractivity contribution in [3.63, 3.8) is 0 Å². The van der Waals surface area contributed by atoms with E-state index in [-0.39, 0.29) is 0 Å². The first-order valence-corrected chi connectivity index (χ1v) is 8.26. The van der Waals surface area contributed by atoms with Crippen molar-refractivity contribution in [2.45, 2.75) is 13.5 Å². The van der Waals surface area contributed by atoms with Gasteiger partial charge in [0.2, 0.25) is 0 Å². The van der Waals surface area contributed by atoms with E-state index >= 15 is 0 Å². The summed E-state index contributed by atoms with van der Waals surface area (Å²) in [6, 6.07) is 12.4. The summed E-state index contributed by atoms with van der Waals surface area (Å²) in [4.78, 5) is 6.71. The van der Waals surface area contributed by atoms with Gasteiger partial charge in [-0.3, -0.25) is 0 Å². The van der Waals surface area contributed by atoms with E-state index in [1.165, 1.54) is 5.56 Å². The Morgan fingerprint density at radius 1 is 1.29 bits per heavy atom. The SMILES string of the molecule is Cc1nc2cc(N(C)Cc3cccc(Br)c3)c(N)cc2s1. The number of hydrogen-bond acceptors (Lipinski definition) is 4. The average molecular weight is 362 g/mol. The summed E-state index contributed by atoms with van der Waals surface area (Å²) in [6.07, 6.45) is 0. The van der Waals surface area contributed by atoms with E-state index in [0.29, 0.717) is 0 Å². The molecule has 0 aliphatic carbocycles. The molecule has 5 heteroatoms. The molecule has 3 nitrogen and oxygen atoms in total. The lowest BCUT2D eigenvalue weighted by atomic mass is 10.2. The molecule has 0 atom stereocenters. The Morgan fingerprint density at radius 3 is 2.86 bits per heavy atom.